The van der Waals surface area contributed by atoms with Crippen molar-refractivity contribution in [2.45, 2.75) is 19.8 Å². The van der Waals surface area contributed by atoms with Crippen LogP contribution < -0.4 is 0 Å². The van der Waals surface area contributed by atoms with Gasteiger partial charge >= 0.3 is 0 Å². The van der Waals surface area contributed by atoms with Gasteiger partial charge in [0.25, 0.3) is 5.89 Å². The number of rotatable bonds is 4. The summed E-state index contributed by atoms with van der Waals surface area (Å²) < 4.78 is 20.7. The minimum Gasteiger partial charge on any atom is -0.419 e. The molecule has 0 fully saturated rings. The van der Waals surface area contributed by atoms with Crippen molar-refractivity contribution in [3.05, 3.63) is 70.6 Å². The topological polar surface area (TPSA) is 56.2 Å². The first-order valence-corrected chi connectivity index (χ1v) is 8.25. The fraction of sp³-hybridized carbons (Fsp3) is 0.167. The van der Waals surface area contributed by atoms with Crippen molar-refractivity contribution in [1.82, 2.24) is 19.6 Å². The molecular formula is C18H14ClFN4O. The lowest BCUT2D eigenvalue weighted by Crippen LogP contribution is -1.91. The van der Waals surface area contributed by atoms with Crippen LogP contribution in [0.1, 0.15) is 24.1 Å². The van der Waals surface area contributed by atoms with Crippen LogP contribution in [0.25, 0.3) is 17.2 Å². The summed E-state index contributed by atoms with van der Waals surface area (Å²) in [6.07, 6.45) is 2.94. The van der Waals surface area contributed by atoms with Gasteiger partial charge in [0.1, 0.15) is 17.2 Å². The SMILES string of the molecule is CCc1nc2ccc(Cl)cn2c1-c1nnc(Cc2ccc(F)cc2)o1. The van der Waals surface area contributed by atoms with Crippen molar-refractivity contribution in [1.29, 1.82) is 0 Å². The molecule has 126 valence electrons. The molecule has 0 atom stereocenters. The Balaban J connectivity index is 1.73. The summed E-state index contributed by atoms with van der Waals surface area (Å²) in [6.45, 7) is 2.02. The largest absolute Gasteiger partial charge is 0.419 e. The van der Waals surface area contributed by atoms with Crippen molar-refractivity contribution < 1.29 is 8.81 Å². The van der Waals surface area contributed by atoms with E-state index in [0.29, 0.717) is 23.2 Å². The summed E-state index contributed by atoms with van der Waals surface area (Å²) in [5.74, 6) is 0.578. The normalized spacial score (nSPS) is 11.3. The molecule has 4 aromatic rings. The van der Waals surface area contributed by atoms with E-state index in [9.17, 15) is 4.39 Å². The molecule has 0 unspecified atom stereocenters. The van der Waals surface area contributed by atoms with E-state index in [1.165, 1.54) is 12.1 Å². The van der Waals surface area contributed by atoms with Gasteiger partial charge in [-0.2, -0.15) is 0 Å². The van der Waals surface area contributed by atoms with Gasteiger partial charge in [-0.05, 0) is 36.2 Å². The van der Waals surface area contributed by atoms with E-state index in [0.717, 1.165) is 29.0 Å². The monoisotopic (exact) mass is 356 g/mol. The van der Waals surface area contributed by atoms with Gasteiger partial charge in [0.15, 0.2) is 0 Å². The molecule has 0 radical (unpaired) electrons. The average molecular weight is 357 g/mol. The first kappa shape index (κ1) is 15.8. The predicted molar refractivity (Wildman–Crippen MR) is 92.1 cm³/mol. The van der Waals surface area contributed by atoms with Crippen molar-refractivity contribution in [3.63, 3.8) is 0 Å². The number of hydrogen-bond donors (Lipinski definition) is 0. The average Bonchev–Trinajstić information content (AvgIpc) is 3.20. The molecule has 0 saturated carbocycles. The molecule has 0 aliphatic heterocycles. The summed E-state index contributed by atoms with van der Waals surface area (Å²) in [4.78, 5) is 4.59. The fourth-order valence-corrected chi connectivity index (χ4v) is 2.90. The zero-order valence-electron chi connectivity index (χ0n) is 13.4. The van der Waals surface area contributed by atoms with Crippen LogP contribution in [0.5, 0.6) is 0 Å². The number of nitrogens with zero attached hydrogens (tertiary/aromatic N) is 4. The molecule has 1 aromatic carbocycles. The van der Waals surface area contributed by atoms with Crippen LogP contribution in [0.4, 0.5) is 4.39 Å². The van der Waals surface area contributed by atoms with Gasteiger partial charge in [0.05, 0.1) is 17.1 Å². The standard InChI is InChI=1S/C18H14ClFN4O/c1-2-14-17(24-10-12(19)5-8-15(24)21-14)18-23-22-16(25-18)9-11-3-6-13(20)7-4-11/h3-8,10H,2,9H2,1H3. The molecule has 3 heterocycles. The molecule has 0 aliphatic carbocycles. The summed E-state index contributed by atoms with van der Waals surface area (Å²) in [6, 6.07) is 9.86. The smallest absolute Gasteiger partial charge is 0.266 e. The second-order valence-electron chi connectivity index (χ2n) is 5.64. The zero-order chi connectivity index (χ0) is 17.4. The second kappa shape index (κ2) is 6.29. The summed E-state index contributed by atoms with van der Waals surface area (Å²) >= 11 is 6.11. The van der Waals surface area contributed by atoms with Gasteiger partial charge in [-0.3, -0.25) is 4.40 Å². The number of benzene rings is 1. The van der Waals surface area contributed by atoms with Crippen LogP contribution in [-0.4, -0.2) is 19.6 Å². The Bertz CT molecular complexity index is 1040. The van der Waals surface area contributed by atoms with E-state index >= 15 is 0 Å². The Morgan fingerprint density at radius 1 is 1.12 bits per heavy atom. The first-order chi connectivity index (χ1) is 12.1. The molecule has 0 spiro atoms. The summed E-state index contributed by atoms with van der Waals surface area (Å²) in [7, 11) is 0. The van der Waals surface area contributed by atoms with Gasteiger partial charge in [0.2, 0.25) is 5.89 Å². The second-order valence-corrected chi connectivity index (χ2v) is 6.08. The van der Waals surface area contributed by atoms with Gasteiger partial charge in [-0.1, -0.05) is 30.7 Å². The zero-order valence-corrected chi connectivity index (χ0v) is 14.2. The van der Waals surface area contributed by atoms with E-state index in [1.54, 1.807) is 24.4 Å². The highest BCUT2D eigenvalue weighted by atomic mass is 35.5. The van der Waals surface area contributed by atoms with E-state index in [1.807, 2.05) is 17.4 Å². The van der Waals surface area contributed by atoms with Crippen LogP contribution in [0.15, 0.2) is 47.0 Å². The van der Waals surface area contributed by atoms with Crippen molar-refractivity contribution in [2.24, 2.45) is 0 Å². The molecule has 0 aliphatic rings. The number of imidazole rings is 1. The van der Waals surface area contributed by atoms with E-state index < -0.39 is 0 Å². The lowest BCUT2D eigenvalue weighted by Gasteiger charge is -2.00. The molecule has 0 N–H and O–H groups in total. The van der Waals surface area contributed by atoms with E-state index in [4.69, 9.17) is 16.0 Å². The van der Waals surface area contributed by atoms with Crippen LogP contribution >= 0.6 is 11.6 Å². The third kappa shape index (κ3) is 3.00. The maximum Gasteiger partial charge on any atom is 0.266 e. The minimum absolute atomic E-state index is 0.273. The van der Waals surface area contributed by atoms with E-state index in [-0.39, 0.29) is 5.82 Å². The Kier molecular flexibility index (Phi) is 3.97. The molecule has 5 nitrogen and oxygen atoms in total. The molecule has 25 heavy (non-hydrogen) atoms. The first-order valence-electron chi connectivity index (χ1n) is 7.87. The Morgan fingerprint density at radius 3 is 2.68 bits per heavy atom. The number of halogens is 2. The molecule has 0 amide bonds. The number of pyridine rings is 1. The van der Waals surface area contributed by atoms with Gasteiger partial charge in [-0.15, -0.1) is 10.2 Å². The molecular weight excluding hydrogens is 343 g/mol. The number of aryl methyl sites for hydroxylation is 1. The van der Waals surface area contributed by atoms with Gasteiger partial charge < -0.3 is 4.42 Å². The summed E-state index contributed by atoms with van der Waals surface area (Å²) in [5.41, 5.74) is 3.28. The predicted octanol–water partition coefficient (Wildman–Crippen LogP) is 4.33. The molecule has 3 aromatic heterocycles. The Labute approximate surface area is 148 Å². The molecule has 7 heteroatoms. The number of fused-ring (bicyclic) bond motifs is 1. The molecule has 0 saturated heterocycles. The maximum atomic E-state index is 13.0. The van der Waals surface area contributed by atoms with Crippen LogP contribution in [0.3, 0.4) is 0 Å². The van der Waals surface area contributed by atoms with Crippen molar-refractivity contribution in [3.8, 4) is 11.6 Å². The summed E-state index contributed by atoms with van der Waals surface area (Å²) in [5, 5.41) is 8.87. The van der Waals surface area contributed by atoms with Crippen LogP contribution in [-0.2, 0) is 12.8 Å². The number of aromatic nitrogens is 4. The molecule has 4 rings (SSSR count). The molecule has 0 bridgehead atoms. The Morgan fingerprint density at radius 2 is 1.92 bits per heavy atom. The van der Waals surface area contributed by atoms with Crippen LogP contribution in [0.2, 0.25) is 5.02 Å². The minimum atomic E-state index is -0.273. The highest BCUT2D eigenvalue weighted by Crippen LogP contribution is 2.26. The van der Waals surface area contributed by atoms with Gasteiger partial charge in [0, 0.05) is 6.20 Å². The van der Waals surface area contributed by atoms with Crippen molar-refractivity contribution in [2.75, 3.05) is 0 Å². The van der Waals surface area contributed by atoms with Gasteiger partial charge in [-0.25, -0.2) is 9.37 Å². The maximum absolute atomic E-state index is 13.0. The third-order valence-electron chi connectivity index (χ3n) is 3.93. The highest BCUT2D eigenvalue weighted by Gasteiger charge is 2.19. The van der Waals surface area contributed by atoms with E-state index in [2.05, 4.69) is 15.2 Å². The number of hydrogen-bond acceptors (Lipinski definition) is 4. The van der Waals surface area contributed by atoms with Crippen LogP contribution in [0, 0.1) is 5.82 Å². The Hall–Kier alpha value is -2.73. The lowest BCUT2D eigenvalue weighted by molar-refractivity contribution is 0.515. The van der Waals surface area contributed by atoms with Crippen molar-refractivity contribution >= 4 is 17.2 Å². The fourth-order valence-electron chi connectivity index (χ4n) is 2.74. The quantitative estimate of drug-likeness (QED) is 0.546. The third-order valence-corrected chi connectivity index (χ3v) is 4.15. The lowest BCUT2D eigenvalue weighted by atomic mass is 10.1. The highest BCUT2D eigenvalue weighted by molar-refractivity contribution is 6.30.